The highest BCUT2D eigenvalue weighted by atomic mass is 32.1. The third-order valence-corrected chi connectivity index (χ3v) is 4.30. The largest absolute Gasteiger partial charge is 0.409 e. The minimum Gasteiger partial charge on any atom is -0.409 e. The Morgan fingerprint density at radius 2 is 2.00 bits per heavy atom. The van der Waals surface area contributed by atoms with Gasteiger partial charge in [-0.1, -0.05) is 41.7 Å². The lowest BCUT2D eigenvalue weighted by Gasteiger charge is -1.97. The lowest BCUT2D eigenvalue weighted by atomic mass is 10.1. The summed E-state index contributed by atoms with van der Waals surface area (Å²) in [5, 5.41) is 7.43. The Bertz CT molecular complexity index is 1030. The van der Waals surface area contributed by atoms with Gasteiger partial charge in [0.25, 0.3) is 6.47 Å². The van der Waals surface area contributed by atoms with Gasteiger partial charge in [0.2, 0.25) is 11.0 Å². The highest BCUT2D eigenvalue weighted by molar-refractivity contribution is 7.12. The molecule has 0 radical (unpaired) electrons. The fourth-order valence-corrected chi connectivity index (χ4v) is 3.19. The van der Waals surface area contributed by atoms with Crippen molar-refractivity contribution in [3.05, 3.63) is 59.7 Å². The second-order valence-electron chi connectivity index (χ2n) is 4.97. The predicted molar refractivity (Wildman–Crippen MR) is 88.8 cm³/mol. The van der Waals surface area contributed by atoms with Crippen molar-refractivity contribution in [3.63, 3.8) is 0 Å². The summed E-state index contributed by atoms with van der Waals surface area (Å²) in [7, 11) is 0. The molecule has 4 rings (SSSR count). The van der Waals surface area contributed by atoms with E-state index in [1.54, 1.807) is 16.1 Å². The van der Waals surface area contributed by atoms with Crippen LogP contribution in [-0.4, -0.2) is 21.2 Å². The number of carbonyl (C=O) groups is 1. The summed E-state index contributed by atoms with van der Waals surface area (Å²) in [6.45, 7) is 0.324. The Morgan fingerprint density at radius 3 is 2.79 bits per heavy atom. The van der Waals surface area contributed by atoms with Gasteiger partial charge >= 0.3 is 0 Å². The number of carbonyl (C=O) groups excluding carboxylic acids is 1. The molecule has 0 spiro atoms. The molecule has 0 fully saturated rings. The molecule has 2 aromatic carbocycles. The molecular formula is C17H10FN3O2S. The van der Waals surface area contributed by atoms with Crippen LogP contribution in [0.25, 0.3) is 27.3 Å². The summed E-state index contributed by atoms with van der Waals surface area (Å²) in [4.78, 5) is 14.7. The first-order chi connectivity index (χ1) is 11.8. The van der Waals surface area contributed by atoms with E-state index in [0.717, 1.165) is 11.1 Å². The highest BCUT2D eigenvalue weighted by Crippen LogP contribution is 2.31. The molecule has 5 nitrogen and oxygen atoms in total. The first kappa shape index (κ1) is 14.5. The number of nitrogens with zero attached hydrogens (tertiary/aromatic N) is 3. The number of rotatable bonds is 4. The first-order valence-corrected chi connectivity index (χ1v) is 7.94. The third-order valence-electron chi connectivity index (χ3n) is 3.51. The Balaban J connectivity index is 1.94. The highest BCUT2D eigenvalue weighted by Gasteiger charge is 2.16. The van der Waals surface area contributed by atoms with E-state index in [-0.39, 0.29) is 11.7 Å². The number of ether oxygens (including phenoxy) is 1. The lowest BCUT2D eigenvalue weighted by Crippen LogP contribution is -1.96. The maximum absolute atomic E-state index is 13.7. The second-order valence-corrected chi connectivity index (χ2v) is 5.81. The van der Waals surface area contributed by atoms with Crippen LogP contribution in [0.4, 0.5) is 4.39 Å². The average Bonchev–Trinajstić information content (AvgIpc) is 3.20. The van der Waals surface area contributed by atoms with E-state index < -0.39 is 0 Å². The van der Waals surface area contributed by atoms with Crippen LogP contribution < -0.4 is 4.74 Å². The quantitative estimate of drug-likeness (QED) is 0.530. The average molecular weight is 339 g/mol. The number of thiazole rings is 1. The van der Waals surface area contributed by atoms with Crippen molar-refractivity contribution < 1.29 is 13.9 Å². The van der Waals surface area contributed by atoms with Crippen LogP contribution in [0.2, 0.25) is 0 Å². The minimum atomic E-state index is -0.330. The molecule has 0 amide bonds. The minimum absolute atomic E-state index is 0.206. The van der Waals surface area contributed by atoms with Gasteiger partial charge in [-0.15, -0.1) is 0 Å². The molecule has 2 heterocycles. The summed E-state index contributed by atoms with van der Waals surface area (Å²) >= 11 is 1.28. The number of aromatic nitrogens is 3. The Labute approximate surface area is 140 Å². The normalized spacial score (nSPS) is 10.9. The summed E-state index contributed by atoms with van der Waals surface area (Å²) in [6, 6.07) is 14.0. The van der Waals surface area contributed by atoms with E-state index in [4.69, 9.17) is 4.74 Å². The first-order valence-electron chi connectivity index (χ1n) is 7.06. The van der Waals surface area contributed by atoms with E-state index in [1.165, 1.54) is 23.5 Å². The van der Waals surface area contributed by atoms with Crippen LogP contribution in [0.1, 0.15) is 0 Å². The number of benzene rings is 2. The zero-order valence-corrected chi connectivity index (χ0v) is 13.0. The summed E-state index contributed by atoms with van der Waals surface area (Å²) in [6.07, 6.45) is 0. The molecule has 0 atom stereocenters. The Morgan fingerprint density at radius 1 is 1.17 bits per heavy atom. The number of fused-ring (bicyclic) bond motifs is 1. The SMILES string of the molecule is O=COc1csc(-n2nc(-c3ccccc3)c3cc(F)ccc32)n1. The van der Waals surface area contributed by atoms with Gasteiger partial charge in [-0.2, -0.15) is 10.1 Å². The lowest BCUT2D eigenvalue weighted by molar-refractivity contribution is -0.120. The van der Waals surface area contributed by atoms with Gasteiger partial charge in [-0.3, -0.25) is 4.79 Å². The van der Waals surface area contributed by atoms with Crippen molar-refractivity contribution in [2.45, 2.75) is 0 Å². The number of halogens is 1. The van der Waals surface area contributed by atoms with Gasteiger partial charge in [0, 0.05) is 10.9 Å². The van der Waals surface area contributed by atoms with Gasteiger partial charge in [-0.05, 0) is 18.2 Å². The van der Waals surface area contributed by atoms with E-state index in [0.29, 0.717) is 22.7 Å². The zero-order valence-electron chi connectivity index (χ0n) is 12.2. The van der Waals surface area contributed by atoms with Crippen LogP contribution in [-0.2, 0) is 4.79 Å². The summed E-state index contributed by atoms with van der Waals surface area (Å²) in [5.41, 5.74) is 2.27. The van der Waals surface area contributed by atoms with Gasteiger partial charge in [0.05, 0.1) is 10.9 Å². The molecule has 2 aromatic heterocycles. The van der Waals surface area contributed by atoms with Gasteiger partial charge < -0.3 is 4.74 Å². The maximum Gasteiger partial charge on any atom is 0.299 e. The van der Waals surface area contributed by atoms with Gasteiger partial charge in [0.15, 0.2) is 0 Å². The summed E-state index contributed by atoms with van der Waals surface area (Å²) in [5.74, 6) is -0.125. The van der Waals surface area contributed by atoms with Crippen LogP contribution in [0.15, 0.2) is 53.9 Å². The predicted octanol–water partition coefficient (Wildman–Crippen LogP) is 3.82. The molecule has 0 bridgehead atoms. The van der Waals surface area contributed by atoms with E-state index in [2.05, 4.69) is 10.1 Å². The van der Waals surface area contributed by atoms with Crippen molar-refractivity contribution in [1.82, 2.24) is 14.8 Å². The van der Waals surface area contributed by atoms with Crippen molar-refractivity contribution in [2.75, 3.05) is 0 Å². The molecule has 118 valence electrons. The number of hydrogen-bond donors (Lipinski definition) is 0. The van der Waals surface area contributed by atoms with Gasteiger partial charge in [-0.25, -0.2) is 9.07 Å². The zero-order chi connectivity index (χ0) is 16.5. The van der Waals surface area contributed by atoms with E-state index in [9.17, 15) is 9.18 Å². The van der Waals surface area contributed by atoms with Crippen LogP contribution in [0.5, 0.6) is 5.88 Å². The van der Waals surface area contributed by atoms with Crippen molar-refractivity contribution in [2.24, 2.45) is 0 Å². The molecule has 0 saturated heterocycles. The molecule has 0 aliphatic carbocycles. The van der Waals surface area contributed by atoms with Crippen molar-refractivity contribution in [1.29, 1.82) is 0 Å². The van der Waals surface area contributed by atoms with Crippen LogP contribution in [0.3, 0.4) is 0 Å². The van der Waals surface area contributed by atoms with Crippen LogP contribution >= 0.6 is 11.3 Å². The van der Waals surface area contributed by atoms with E-state index >= 15 is 0 Å². The van der Waals surface area contributed by atoms with Crippen molar-refractivity contribution >= 4 is 28.7 Å². The second kappa shape index (κ2) is 5.86. The van der Waals surface area contributed by atoms with Crippen molar-refractivity contribution in [3.8, 4) is 22.3 Å². The maximum atomic E-state index is 13.7. The Kier molecular flexibility index (Phi) is 3.55. The van der Waals surface area contributed by atoms with Gasteiger partial charge in [0.1, 0.15) is 11.5 Å². The molecule has 0 N–H and O–H groups in total. The third kappa shape index (κ3) is 2.44. The molecule has 4 aromatic rings. The summed E-state index contributed by atoms with van der Waals surface area (Å²) < 4.78 is 20.1. The molecule has 24 heavy (non-hydrogen) atoms. The fraction of sp³-hybridized carbons (Fsp3) is 0. The fourth-order valence-electron chi connectivity index (χ4n) is 2.50. The number of hydrogen-bond acceptors (Lipinski definition) is 5. The van der Waals surface area contributed by atoms with E-state index in [1.807, 2.05) is 30.3 Å². The standard InChI is InChI=1S/C17H10FN3O2S/c18-12-6-7-14-13(8-12)16(11-4-2-1-3-5-11)20-21(14)17-19-15(9-24-17)23-10-22/h1-10H. The van der Waals surface area contributed by atoms with Crippen LogP contribution in [0, 0.1) is 5.82 Å². The smallest absolute Gasteiger partial charge is 0.299 e. The molecule has 0 aliphatic rings. The molecule has 7 heteroatoms. The molecule has 0 unspecified atom stereocenters. The molecule has 0 saturated carbocycles. The molecular weight excluding hydrogens is 329 g/mol. The molecule has 0 aliphatic heterocycles. The Hall–Kier alpha value is -3.06. The topological polar surface area (TPSA) is 57.0 Å². The monoisotopic (exact) mass is 339 g/mol.